The van der Waals surface area contributed by atoms with Gasteiger partial charge in [0, 0.05) is 31.0 Å². The van der Waals surface area contributed by atoms with Gasteiger partial charge >= 0.3 is 0 Å². The lowest BCUT2D eigenvalue weighted by Crippen LogP contribution is -2.35. The molecule has 1 amide bonds. The van der Waals surface area contributed by atoms with Crippen LogP contribution in [0, 0.1) is 0 Å². The molecule has 4 nitrogen and oxygen atoms in total. The molecule has 1 fully saturated rings. The van der Waals surface area contributed by atoms with Crippen molar-refractivity contribution in [2.45, 2.75) is 38.6 Å². The molecule has 1 aromatic heterocycles. The standard InChI is InChI=1S/C20H23N3O/c1-15-11-16-7-3-4-8-19(16)23(15)18-12-17(13-21-14-18)20(24)22-9-5-2-6-10-22/h3-4,7-8,12-15H,2,5-6,9-11H2,1H3. The van der Waals surface area contributed by atoms with Crippen molar-refractivity contribution in [2.24, 2.45) is 0 Å². The van der Waals surface area contributed by atoms with Crippen molar-refractivity contribution in [1.82, 2.24) is 9.88 Å². The number of fused-ring (bicyclic) bond motifs is 1. The normalized spacial score (nSPS) is 20.1. The average molecular weight is 321 g/mol. The van der Waals surface area contributed by atoms with Gasteiger partial charge < -0.3 is 9.80 Å². The Morgan fingerprint density at radius 3 is 2.75 bits per heavy atom. The highest BCUT2D eigenvalue weighted by molar-refractivity contribution is 5.95. The number of hydrogen-bond acceptors (Lipinski definition) is 3. The fourth-order valence-electron chi connectivity index (χ4n) is 3.92. The number of piperidine rings is 1. The Balaban J connectivity index is 1.64. The number of carbonyl (C=O) groups excluding carboxylic acids is 1. The maximum Gasteiger partial charge on any atom is 0.255 e. The van der Waals surface area contributed by atoms with Crippen molar-refractivity contribution < 1.29 is 4.79 Å². The number of hydrogen-bond donors (Lipinski definition) is 0. The molecule has 2 aromatic rings. The summed E-state index contributed by atoms with van der Waals surface area (Å²) in [5.74, 6) is 0.115. The van der Waals surface area contributed by atoms with E-state index in [0.717, 1.165) is 38.0 Å². The van der Waals surface area contributed by atoms with Crippen LogP contribution in [-0.2, 0) is 6.42 Å². The Morgan fingerprint density at radius 2 is 1.92 bits per heavy atom. The number of aromatic nitrogens is 1. The van der Waals surface area contributed by atoms with Gasteiger partial charge in [-0.2, -0.15) is 0 Å². The summed E-state index contributed by atoms with van der Waals surface area (Å²) in [5.41, 5.74) is 4.30. The van der Waals surface area contributed by atoms with Crippen molar-refractivity contribution in [3.63, 3.8) is 0 Å². The first kappa shape index (κ1) is 15.2. The summed E-state index contributed by atoms with van der Waals surface area (Å²) in [5, 5.41) is 0. The molecule has 1 atom stereocenters. The van der Waals surface area contributed by atoms with Crippen molar-refractivity contribution in [3.05, 3.63) is 53.9 Å². The van der Waals surface area contributed by atoms with Crippen LogP contribution in [0.3, 0.4) is 0 Å². The molecule has 124 valence electrons. The molecule has 0 radical (unpaired) electrons. The number of pyridine rings is 1. The smallest absolute Gasteiger partial charge is 0.255 e. The van der Waals surface area contributed by atoms with E-state index in [-0.39, 0.29) is 5.91 Å². The van der Waals surface area contributed by atoms with E-state index in [1.54, 1.807) is 6.20 Å². The van der Waals surface area contributed by atoms with Crippen LogP contribution in [0.15, 0.2) is 42.7 Å². The minimum atomic E-state index is 0.115. The summed E-state index contributed by atoms with van der Waals surface area (Å²) in [6.07, 6.45) is 8.04. The summed E-state index contributed by atoms with van der Waals surface area (Å²) in [7, 11) is 0. The van der Waals surface area contributed by atoms with E-state index in [2.05, 4.69) is 41.1 Å². The second-order valence-electron chi connectivity index (χ2n) is 6.84. The first-order valence-electron chi connectivity index (χ1n) is 8.85. The summed E-state index contributed by atoms with van der Waals surface area (Å²) < 4.78 is 0. The lowest BCUT2D eigenvalue weighted by Gasteiger charge is -2.28. The minimum Gasteiger partial charge on any atom is -0.339 e. The minimum absolute atomic E-state index is 0.115. The lowest BCUT2D eigenvalue weighted by molar-refractivity contribution is 0.0724. The van der Waals surface area contributed by atoms with E-state index in [4.69, 9.17) is 0 Å². The molecule has 1 aromatic carbocycles. The number of para-hydroxylation sites is 1. The van der Waals surface area contributed by atoms with Crippen LogP contribution in [0.4, 0.5) is 11.4 Å². The molecule has 0 spiro atoms. The van der Waals surface area contributed by atoms with Gasteiger partial charge in [-0.15, -0.1) is 0 Å². The monoisotopic (exact) mass is 321 g/mol. The molecular weight excluding hydrogens is 298 g/mol. The molecule has 0 N–H and O–H groups in total. The summed E-state index contributed by atoms with van der Waals surface area (Å²) in [4.78, 5) is 21.4. The molecule has 24 heavy (non-hydrogen) atoms. The third-order valence-corrected chi connectivity index (χ3v) is 5.10. The van der Waals surface area contributed by atoms with E-state index in [9.17, 15) is 4.79 Å². The third-order valence-electron chi connectivity index (χ3n) is 5.10. The summed E-state index contributed by atoms with van der Waals surface area (Å²) >= 11 is 0. The molecular formula is C20H23N3O. The SMILES string of the molecule is CC1Cc2ccccc2N1c1cncc(C(=O)N2CCCCC2)c1. The number of anilines is 2. The molecule has 0 bridgehead atoms. The number of carbonyl (C=O) groups is 1. The number of likely N-dealkylation sites (tertiary alicyclic amines) is 1. The zero-order valence-electron chi connectivity index (χ0n) is 14.1. The van der Waals surface area contributed by atoms with Crippen molar-refractivity contribution >= 4 is 17.3 Å². The van der Waals surface area contributed by atoms with E-state index in [1.165, 1.54) is 17.7 Å². The zero-order chi connectivity index (χ0) is 16.5. The molecule has 2 aliphatic rings. The Labute approximate surface area is 143 Å². The molecule has 0 saturated carbocycles. The highest BCUT2D eigenvalue weighted by atomic mass is 16.2. The van der Waals surface area contributed by atoms with E-state index in [1.807, 2.05) is 17.2 Å². The molecule has 1 saturated heterocycles. The van der Waals surface area contributed by atoms with Gasteiger partial charge in [0.15, 0.2) is 0 Å². The van der Waals surface area contributed by atoms with Gasteiger partial charge in [-0.05, 0) is 50.3 Å². The maximum atomic E-state index is 12.8. The topological polar surface area (TPSA) is 36.4 Å². The van der Waals surface area contributed by atoms with Crippen LogP contribution in [0.2, 0.25) is 0 Å². The first-order valence-corrected chi connectivity index (χ1v) is 8.85. The summed E-state index contributed by atoms with van der Waals surface area (Å²) in [6.45, 7) is 3.96. The highest BCUT2D eigenvalue weighted by Gasteiger charge is 2.28. The van der Waals surface area contributed by atoms with Gasteiger partial charge in [-0.3, -0.25) is 9.78 Å². The summed E-state index contributed by atoms with van der Waals surface area (Å²) in [6, 6.07) is 10.9. The van der Waals surface area contributed by atoms with Crippen LogP contribution < -0.4 is 4.90 Å². The van der Waals surface area contributed by atoms with Gasteiger partial charge in [0.25, 0.3) is 5.91 Å². The van der Waals surface area contributed by atoms with Crippen LogP contribution in [0.25, 0.3) is 0 Å². The van der Waals surface area contributed by atoms with E-state index >= 15 is 0 Å². The van der Waals surface area contributed by atoms with E-state index in [0.29, 0.717) is 11.6 Å². The predicted octanol–water partition coefficient (Wildman–Crippen LogP) is 3.79. The first-order chi connectivity index (χ1) is 11.7. The van der Waals surface area contributed by atoms with Crippen LogP contribution >= 0.6 is 0 Å². The largest absolute Gasteiger partial charge is 0.339 e. The van der Waals surface area contributed by atoms with Gasteiger partial charge in [0.05, 0.1) is 17.4 Å². The molecule has 3 heterocycles. The van der Waals surface area contributed by atoms with E-state index < -0.39 is 0 Å². The van der Waals surface area contributed by atoms with Gasteiger partial charge in [-0.25, -0.2) is 0 Å². The Morgan fingerprint density at radius 1 is 1.12 bits per heavy atom. The van der Waals surface area contributed by atoms with Crippen LogP contribution in [0.5, 0.6) is 0 Å². The molecule has 2 aliphatic heterocycles. The number of rotatable bonds is 2. The number of benzene rings is 1. The predicted molar refractivity (Wildman–Crippen MR) is 95.7 cm³/mol. The zero-order valence-corrected chi connectivity index (χ0v) is 14.1. The van der Waals surface area contributed by atoms with Crippen molar-refractivity contribution in [2.75, 3.05) is 18.0 Å². The average Bonchev–Trinajstić information content (AvgIpc) is 2.97. The Bertz CT molecular complexity index is 752. The lowest BCUT2D eigenvalue weighted by atomic mass is 10.1. The third kappa shape index (κ3) is 2.66. The second-order valence-corrected chi connectivity index (χ2v) is 6.84. The van der Waals surface area contributed by atoms with Crippen molar-refractivity contribution in [3.8, 4) is 0 Å². The quantitative estimate of drug-likeness (QED) is 0.844. The van der Waals surface area contributed by atoms with Crippen molar-refractivity contribution in [1.29, 1.82) is 0 Å². The fraction of sp³-hybridized carbons (Fsp3) is 0.400. The number of amides is 1. The van der Waals surface area contributed by atoms with Crippen LogP contribution in [0.1, 0.15) is 42.1 Å². The maximum absolute atomic E-state index is 12.8. The van der Waals surface area contributed by atoms with Gasteiger partial charge in [0.2, 0.25) is 0 Å². The van der Waals surface area contributed by atoms with Gasteiger partial charge in [-0.1, -0.05) is 18.2 Å². The Hall–Kier alpha value is -2.36. The molecule has 4 rings (SSSR count). The molecule has 4 heteroatoms. The molecule has 1 unspecified atom stereocenters. The van der Waals surface area contributed by atoms with Crippen LogP contribution in [-0.4, -0.2) is 34.9 Å². The Kier molecular flexibility index (Phi) is 3.97. The highest BCUT2D eigenvalue weighted by Crippen LogP contribution is 2.38. The number of nitrogens with zero attached hydrogens (tertiary/aromatic N) is 3. The second kappa shape index (κ2) is 6.27. The fourth-order valence-corrected chi connectivity index (χ4v) is 3.92. The molecule has 0 aliphatic carbocycles. The van der Waals surface area contributed by atoms with Gasteiger partial charge in [0.1, 0.15) is 0 Å².